The summed E-state index contributed by atoms with van der Waals surface area (Å²) in [6.07, 6.45) is -5.11. The van der Waals surface area contributed by atoms with Gasteiger partial charge < -0.3 is 14.7 Å². The molecule has 0 spiro atoms. The molecule has 1 aliphatic heterocycles. The van der Waals surface area contributed by atoms with Crippen LogP contribution in [0.15, 0.2) is 0 Å². The number of carboxylic acid groups (broad SMARTS) is 1. The van der Waals surface area contributed by atoms with Crippen LogP contribution in [0.3, 0.4) is 0 Å². The number of nitrogens with zero attached hydrogens (tertiary/aromatic N) is 1. The molecule has 1 heterocycles. The van der Waals surface area contributed by atoms with Gasteiger partial charge in [0.15, 0.2) is 0 Å². The van der Waals surface area contributed by atoms with Gasteiger partial charge in [0.25, 0.3) is 0 Å². The Labute approximate surface area is 112 Å². The van der Waals surface area contributed by atoms with Gasteiger partial charge in [-0.3, -0.25) is 9.59 Å². The van der Waals surface area contributed by atoms with Gasteiger partial charge in [-0.25, -0.2) is 0 Å². The molecule has 1 saturated heterocycles. The Morgan fingerprint density at radius 1 is 1.42 bits per heavy atom. The number of ether oxygens (including phenoxy) is 1. The predicted molar refractivity (Wildman–Crippen MR) is 62.0 cm³/mol. The highest BCUT2D eigenvalue weighted by Crippen LogP contribution is 2.21. The van der Waals surface area contributed by atoms with Crippen molar-refractivity contribution in [2.45, 2.75) is 18.7 Å². The fourth-order valence-corrected chi connectivity index (χ4v) is 2.30. The van der Waals surface area contributed by atoms with E-state index in [0.717, 1.165) is 0 Å². The van der Waals surface area contributed by atoms with E-state index in [1.54, 1.807) is 0 Å². The Hall–Kier alpha value is -0.960. The van der Waals surface area contributed by atoms with Crippen LogP contribution in [0.2, 0.25) is 0 Å². The van der Waals surface area contributed by atoms with E-state index in [4.69, 9.17) is 9.84 Å². The van der Waals surface area contributed by atoms with Gasteiger partial charge in [0.1, 0.15) is 0 Å². The lowest BCUT2D eigenvalue weighted by molar-refractivity contribution is -0.146. The normalized spacial score (nSPS) is 20.4. The molecule has 1 aliphatic rings. The standard InChI is InChI=1S/C10H14F3NO4S/c11-10(12,13)6-19-5-8(15)14-1-2-18-7(4-14)3-9(16)17/h7H,1-6H2,(H,16,17). The Bertz CT molecular complexity index is 337. The van der Waals surface area contributed by atoms with E-state index in [9.17, 15) is 22.8 Å². The summed E-state index contributed by atoms with van der Waals surface area (Å²) in [5.74, 6) is -2.79. The zero-order valence-electron chi connectivity index (χ0n) is 9.98. The molecule has 110 valence electrons. The highest BCUT2D eigenvalue weighted by atomic mass is 32.2. The van der Waals surface area contributed by atoms with Gasteiger partial charge in [0.05, 0.1) is 30.6 Å². The van der Waals surface area contributed by atoms with Crippen molar-refractivity contribution in [1.82, 2.24) is 4.90 Å². The third-order valence-electron chi connectivity index (χ3n) is 2.39. The van der Waals surface area contributed by atoms with Crippen LogP contribution in [0.5, 0.6) is 0 Å². The molecule has 1 amide bonds. The molecule has 0 radical (unpaired) electrons. The second kappa shape index (κ2) is 6.99. The van der Waals surface area contributed by atoms with E-state index in [-0.39, 0.29) is 31.9 Å². The molecule has 5 nitrogen and oxygen atoms in total. The lowest BCUT2D eigenvalue weighted by atomic mass is 10.2. The number of carbonyl (C=O) groups is 2. The number of rotatable bonds is 5. The summed E-state index contributed by atoms with van der Waals surface area (Å²) in [7, 11) is 0. The number of morpholine rings is 1. The second-order valence-corrected chi connectivity index (χ2v) is 5.02. The first kappa shape index (κ1) is 16.1. The Morgan fingerprint density at radius 3 is 2.68 bits per heavy atom. The number of hydrogen-bond donors (Lipinski definition) is 1. The highest BCUT2D eigenvalue weighted by Gasteiger charge is 2.29. The summed E-state index contributed by atoms with van der Waals surface area (Å²) in [5.41, 5.74) is 0. The maximum Gasteiger partial charge on any atom is 0.397 e. The minimum Gasteiger partial charge on any atom is -0.481 e. The molecule has 0 aliphatic carbocycles. The highest BCUT2D eigenvalue weighted by molar-refractivity contribution is 8.00. The molecule has 0 bridgehead atoms. The summed E-state index contributed by atoms with van der Waals surface area (Å²) in [4.78, 5) is 23.5. The molecule has 0 aromatic carbocycles. The lowest BCUT2D eigenvalue weighted by Crippen LogP contribution is -2.47. The zero-order valence-corrected chi connectivity index (χ0v) is 10.8. The molecule has 0 aromatic heterocycles. The van der Waals surface area contributed by atoms with Crippen molar-refractivity contribution < 1.29 is 32.6 Å². The molecule has 1 N–H and O–H groups in total. The van der Waals surface area contributed by atoms with E-state index in [0.29, 0.717) is 11.8 Å². The zero-order chi connectivity index (χ0) is 14.5. The number of halogens is 3. The SMILES string of the molecule is O=C(O)CC1CN(C(=O)CSCC(F)(F)F)CCO1. The quantitative estimate of drug-likeness (QED) is 0.820. The number of hydrogen-bond acceptors (Lipinski definition) is 4. The number of thioether (sulfide) groups is 1. The smallest absolute Gasteiger partial charge is 0.397 e. The number of aliphatic carboxylic acids is 1. The summed E-state index contributed by atoms with van der Waals surface area (Å²) in [6.45, 7) is 0.590. The van der Waals surface area contributed by atoms with Crippen LogP contribution in [0.25, 0.3) is 0 Å². The second-order valence-electron chi connectivity index (χ2n) is 4.04. The minimum absolute atomic E-state index is 0.109. The van der Waals surface area contributed by atoms with Crippen LogP contribution in [-0.4, -0.2) is 65.4 Å². The van der Waals surface area contributed by atoms with E-state index < -0.39 is 29.9 Å². The van der Waals surface area contributed by atoms with Crippen molar-refractivity contribution in [3.05, 3.63) is 0 Å². The van der Waals surface area contributed by atoms with Crippen LogP contribution < -0.4 is 0 Å². The Balaban J connectivity index is 2.33. The van der Waals surface area contributed by atoms with E-state index in [2.05, 4.69) is 0 Å². The van der Waals surface area contributed by atoms with Crippen LogP contribution >= 0.6 is 11.8 Å². The topological polar surface area (TPSA) is 66.8 Å². The summed E-state index contributed by atoms with van der Waals surface area (Å²) in [5, 5.41) is 8.61. The third-order valence-corrected chi connectivity index (χ3v) is 3.37. The average Bonchev–Trinajstić information content (AvgIpc) is 2.26. The van der Waals surface area contributed by atoms with Gasteiger partial charge in [-0.2, -0.15) is 13.2 Å². The molecule has 1 rings (SSSR count). The fourth-order valence-electron chi connectivity index (χ4n) is 1.61. The van der Waals surface area contributed by atoms with Crippen LogP contribution in [0.1, 0.15) is 6.42 Å². The van der Waals surface area contributed by atoms with Crippen LogP contribution in [-0.2, 0) is 14.3 Å². The first-order valence-corrected chi connectivity index (χ1v) is 6.69. The molecule has 0 aromatic rings. The summed E-state index contributed by atoms with van der Waals surface area (Å²) in [6, 6.07) is 0. The first-order chi connectivity index (χ1) is 8.78. The van der Waals surface area contributed by atoms with Crippen molar-refractivity contribution in [1.29, 1.82) is 0 Å². The van der Waals surface area contributed by atoms with Gasteiger partial charge in [-0.15, -0.1) is 11.8 Å². The Kier molecular flexibility index (Phi) is 5.92. The van der Waals surface area contributed by atoms with Crippen molar-refractivity contribution in [2.24, 2.45) is 0 Å². The van der Waals surface area contributed by atoms with Crippen LogP contribution in [0, 0.1) is 0 Å². The van der Waals surface area contributed by atoms with Crippen molar-refractivity contribution >= 4 is 23.6 Å². The maximum absolute atomic E-state index is 11.9. The van der Waals surface area contributed by atoms with Crippen molar-refractivity contribution in [2.75, 3.05) is 31.2 Å². The molecule has 1 unspecified atom stereocenters. The van der Waals surface area contributed by atoms with E-state index in [1.165, 1.54) is 4.90 Å². The van der Waals surface area contributed by atoms with Gasteiger partial charge in [-0.05, 0) is 0 Å². The summed E-state index contributed by atoms with van der Waals surface area (Å²) < 4.78 is 40.9. The first-order valence-electron chi connectivity index (χ1n) is 5.53. The molecular formula is C10H14F3NO4S. The molecule has 19 heavy (non-hydrogen) atoms. The van der Waals surface area contributed by atoms with Gasteiger partial charge >= 0.3 is 12.1 Å². The monoisotopic (exact) mass is 301 g/mol. The lowest BCUT2D eigenvalue weighted by Gasteiger charge is -2.32. The van der Waals surface area contributed by atoms with Crippen molar-refractivity contribution in [3.8, 4) is 0 Å². The third kappa shape index (κ3) is 6.67. The maximum atomic E-state index is 11.9. The molecular weight excluding hydrogens is 287 g/mol. The fraction of sp³-hybridized carbons (Fsp3) is 0.800. The number of amides is 1. The average molecular weight is 301 g/mol. The number of carboxylic acids is 1. The van der Waals surface area contributed by atoms with Gasteiger partial charge in [0, 0.05) is 13.1 Å². The Morgan fingerprint density at radius 2 is 2.11 bits per heavy atom. The molecule has 0 saturated carbocycles. The number of carbonyl (C=O) groups excluding carboxylic acids is 1. The molecule has 1 atom stereocenters. The van der Waals surface area contributed by atoms with Crippen molar-refractivity contribution in [3.63, 3.8) is 0 Å². The van der Waals surface area contributed by atoms with E-state index >= 15 is 0 Å². The largest absolute Gasteiger partial charge is 0.481 e. The van der Waals surface area contributed by atoms with Gasteiger partial charge in [-0.1, -0.05) is 0 Å². The number of alkyl halides is 3. The van der Waals surface area contributed by atoms with E-state index in [1.807, 2.05) is 0 Å². The van der Waals surface area contributed by atoms with Gasteiger partial charge in [0.2, 0.25) is 5.91 Å². The molecule has 1 fully saturated rings. The molecule has 9 heteroatoms. The van der Waals surface area contributed by atoms with Crippen LogP contribution in [0.4, 0.5) is 13.2 Å². The minimum atomic E-state index is -4.29. The predicted octanol–water partition coefficient (Wildman–Crippen LogP) is 0.984. The summed E-state index contributed by atoms with van der Waals surface area (Å²) >= 11 is 0.504.